The quantitative estimate of drug-likeness (QED) is 0.360. The van der Waals surface area contributed by atoms with E-state index in [0.29, 0.717) is 18.4 Å². The molecule has 192 valence electrons. The molecule has 0 aliphatic carbocycles. The van der Waals surface area contributed by atoms with Gasteiger partial charge in [-0.2, -0.15) is 23.1 Å². The summed E-state index contributed by atoms with van der Waals surface area (Å²) >= 11 is 0. The Labute approximate surface area is 208 Å². The van der Waals surface area contributed by atoms with Crippen molar-refractivity contribution in [2.24, 2.45) is 0 Å². The van der Waals surface area contributed by atoms with Crippen molar-refractivity contribution in [2.45, 2.75) is 37.1 Å². The second-order valence-electron chi connectivity index (χ2n) is 9.65. The SMILES string of the molecule is Nc1nc(OC[C@@]23CCCN2C[C@H](F)C3)nc2c(F)c(-c3cccc4cccc(C(F)(F)F)c34)ncc12. The van der Waals surface area contributed by atoms with Crippen LogP contribution in [0.4, 0.5) is 27.8 Å². The van der Waals surface area contributed by atoms with E-state index in [1.165, 1.54) is 30.5 Å². The molecule has 2 aliphatic rings. The van der Waals surface area contributed by atoms with Crippen LogP contribution in [0, 0.1) is 5.82 Å². The van der Waals surface area contributed by atoms with Crippen molar-refractivity contribution in [3.63, 3.8) is 0 Å². The Bertz CT molecular complexity index is 1520. The lowest BCUT2D eigenvalue weighted by Crippen LogP contribution is -2.43. The summed E-state index contributed by atoms with van der Waals surface area (Å²) in [7, 11) is 0. The first-order chi connectivity index (χ1) is 17.7. The van der Waals surface area contributed by atoms with Crippen LogP contribution in [-0.2, 0) is 6.18 Å². The highest BCUT2D eigenvalue weighted by Gasteiger charge is 2.49. The molecule has 11 heteroatoms. The highest BCUT2D eigenvalue weighted by atomic mass is 19.4. The van der Waals surface area contributed by atoms with Gasteiger partial charge in [0.2, 0.25) is 0 Å². The molecule has 0 spiro atoms. The molecule has 2 atom stereocenters. The zero-order valence-corrected chi connectivity index (χ0v) is 19.5. The van der Waals surface area contributed by atoms with Gasteiger partial charge in [-0.3, -0.25) is 9.88 Å². The summed E-state index contributed by atoms with van der Waals surface area (Å²) in [5.74, 6) is -1.02. The third-order valence-electron chi connectivity index (χ3n) is 7.39. The maximum absolute atomic E-state index is 15.9. The number of nitrogens with two attached hydrogens (primary N) is 1. The number of ether oxygens (including phenoxy) is 1. The number of hydrogen-bond acceptors (Lipinski definition) is 6. The van der Waals surface area contributed by atoms with E-state index in [1.54, 1.807) is 6.07 Å². The van der Waals surface area contributed by atoms with Gasteiger partial charge in [-0.1, -0.05) is 30.3 Å². The van der Waals surface area contributed by atoms with Crippen molar-refractivity contribution in [1.82, 2.24) is 19.9 Å². The van der Waals surface area contributed by atoms with Crippen molar-refractivity contribution < 1.29 is 26.7 Å². The summed E-state index contributed by atoms with van der Waals surface area (Å²) in [5.41, 5.74) is 4.14. The molecule has 6 nitrogen and oxygen atoms in total. The molecule has 0 radical (unpaired) electrons. The van der Waals surface area contributed by atoms with E-state index >= 15 is 4.39 Å². The van der Waals surface area contributed by atoms with Crippen molar-refractivity contribution >= 4 is 27.5 Å². The first-order valence-corrected chi connectivity index (χ1v) is 11.9. The topological polar surface area (TPSA) is 77.2 Å². The summed E-state index contributed by atoms with van der Waals surface area (Å²) < 4.78 is 77.2. The van der Waals surface area contributed by atoms with Crippen molar-refractivity contribution in [1.29, 1.82) is 0 Å². The zero-order valence-electron chi connectivity index (χ0n) is 19.5. The average molecular weight is 515 g/mol. The molecule has 0 amide bonds. The Balaban J connectivity index is 1.43. The van der Waals surface area contributed by atoms with Crippen LogP contribution in [0.2, 0.25) is 0 Å². The van der Waals surface area contributed by atoms with Gasteiger partial charge in [-0.15, -0.1) is 0 Å². The number of rotatable bonds is 4. The van der Waals surface area contributed by atoms with E-state index in [2.05, 4.69) is 19.9 Å². The average Bonchev–Trinajstić information content (AvgIpc) is 3.38. The smallest absolute Gasteiger partial charge is 0.417 e. The summed E-state index contributed by atoms with van der Waals surface area (Å²) in [6.07, 6.45) is -2.33. The van der Waals surface area contributed by atoms with Gasteiger partial charge in [-0.05, 0) is 30.8 Å². The fourth-order valence-corrected chi connectivity index (χ4v) is 5.73. The summed E-state index contributed by atoms with van der Waals surface area (Å²) in [5, 5.41) is 0.238. The molecule has 0 saturated carbocycles. The number of nitrogen functional groups attached to an aromatic ring is 1. The lowest BCUT2D eigenvalue weighted by atomic mass is 9.95. The molecule has 2 aliphatic heterocycles. The van der Waals surface area contributed by atoms with E-state index in [4.69, 9.17) is 10.5 Å². The summed E-state index contributed by atoms with van der Waals surface area (Å²) in [6.45, 7) is 1.24. The highest BCUT2D eigenvalue weighted by Crippen LogP contribution is 2.42. The minimum absolute atomic E-state index is 0.0232. The van der Waals surface area contributed by atoms with Crippen LogP contribution in [0.25, 0.3) is 32.9 Å². The van der Waals surface area contributed by atoms with Crippen LogP contribution in [0.1, 0.15) is 24.8 Å². The normalized spacial score (nSPS) is 22.1. The van der Waals surface area contributed by atoms with Gasteiger partial charge in [0.05, 0.1) is 16.5 Å². The van der Waals surface area contributed by atoms with Gasteiger partial charge in [0.25, 0.3) is 0 Å². The highest BCUT2D eigenvalue weighted by molar-refractivity contribution is 6.00. The third kappa shape index (κ3) is 3.92. The number of halogens is 5. The number of benzene rings is 2. The second kappa shape index (κ2) is 8.47. The van der Waals surface area contributed by atoms with Crippen molar-refractivity contribution in [3.8, 4) is 17.3 Å². The number of anilines is 1. The molecule has 2 fully saturated rings. The van der Waals surface area contributed by atoms with Gasteiger partial charge < -0.3 is 10.5 Å². The molecule has 4 aromatic rings. The Morgan fingerprint density at radius 3 is 2.70 bits per heavy atom. The lowest BCUT2D eigenvalue weighted by molar-refractivity contribution is -0.136. The monoisotopic (exact) mass is 515 g/mol. The Kier molecular flexibility index (Phi) is 5.45. The first-order valence-electron chi connectivity index (χ1n) is 11.9. The van der Waals surface area contributed by atoms with Crippen molar-refractivity contribution in [2.75, 3.05) is 25.4 Å². The van der Waals surface area contributed by atoms with Gasteiger partial charge in [0.1, 0.15) is 29.8 Å². The molecule has 2 aromatic carbocycles. The molecule has 4 heterocycles. The van der Waals surface area contributed by atoms with Crippen LogP contribution in [0.3, 0.4) is 0 Å². The molecule has 2 aromatic heterocycles. The fourth-order valence-electron chi connectivity index (χ4n) is 5.73. The molecular weight excluding hydrogens is 493 g/mol. The lowest BCUT2D eigenvalue weighted by Gasteiger charge is -2.30. The molecular formula is C26H22F5N5O. The predicted molar refractivity (Wildman–Crippen MR) is 128 cm³/mol. The number of aromatic nitrogens is 3. The zero-order chi connectivity index (χ0) is 25.9. The molecule has 2 N–H and O–H groups in total. The maximum Gasteiger partial charge on any atom is 0.417 e. The number of fused-ring (bicyclic) bond motifs is 3. The van der Waals surface area contributed by atoms with Crippen LogP contribution in [-0.4, -0.2) is 51.3 Å². The van der Waals surface area contributed by atoms with Gasteiger partial charge >= 0.3 is 12.2 Å². The number of nitrogens with zero attached hydrogens (tertiary/aromatic N) is 4. The molecule has 0 bridgehead atoms. The van der Waals surface area contributed by atoms with E-state index in [1.807, 2.05) is 0 Å². The molecule has 2 saturated heterocycles. The number of pyridine rings is 1. The van der Waals surface area contributed by atoms with Crippen LogP contribution in [0.5, 0.6) is 6.01 Å². The Morgan fingerprint density at radius 2 is 1.92 bits per heavy atom. The van der Waals surface area contributed by atoms with Crippen molar-refractivity contribution in [3.05, 3.63) is 54.0 Å². The number of hydrogen-bond donors (Lipinski definition) is 1. The minimum Gasteiger partial charge on any atom is -0.461 e. The number of alkyl halides is 4. The van der Waals surface area contributed by atoms with Gasteiger partial charge in [0.15, 0.2) is 5.82 Å². The Hall–Kier alpha value is -3.60. The van der Waals surface area contributed by atoms with E-state index in [9.17, 15) is 17.6 Å². The predicted octanol–water partition coefficient (Wildman–Crippen LogP) is 5.54. The summed E-state index contributed by atoms with van der Waals surface area (Å²) in [4.78, 5) is 14.5. The van der Waals surface area contributed by atoms with Crippen LogP contribution in [0.15, 0.2) is 42.6 Å². The first kappa shape index (κ1) is 23.8. The van der Waals surface area contributed by atoms with Gasteiger partial charge in [-0.25, -0.2) is 8.78 Å². The second-order valence-corrected chi connectivity index (χ2v) is 9.65. The van der Waals surface area contributed by atoms with E-state index in [0.717, 1.165) is 25.5 Å². The third-order valence-corrected chi connectivity index (χ3v) is 7.39. The molecule has 0 unspecified atom stereocenters. The van der Waals surface area contributed by atoms with Crippen LogP contribution < -0.4 is 10.5 Å². The standard InChI is InChI=1S/C26H22F5N5O/c27-15-10-25(8-3-9-36(25)12-15)13-37-24-34-22-17(23(32)35-24)11-33-21(20(22)28)16-6-1-4-14-5-2-7-18(19(14)16)26(29,30)31/h1-2,4-7,11,15H,3,8-10,12-13H2,(H2,32,34,35)/t15-,25+/m1/s1. The van der Waals surface area contributed by atoms with E-state index < -0.39 is 29.3 Å². The largest absolute Gasteiger partial charge is 0.461 e. The maximum atomic E-state index is 15.9. The molecule has 37 heavy (non-hydrogen) atoms. The minimum atomic E-state index is -4.65. The van der Waals surface area contributed by atoms with Gasteiger partial charge in [0, 0.05) is 30.1 Å². The Morgan fingerprint density at radius 1 is 1.14 bits per heavy atom. The summed E-state index contributed by atoms with van der Waals surface area (Å²) in [6, 6.07) is 8.05. The van der Waals surface area contributed by atoms with E-state index in [-0.39, 0.29) is 46.0 Å². The van der Waals surface area contributed by atoms with Crippen LogP contribution >= 0.6 is 0 Å². The molecule has 6 rings (SSSR count). The fraction of sp³-hybridized carbons (Fsp3) is 0.346.